The van der Waals surface area contributed by atoms with Gasteiger partial charge in [-0.15, -0.1) is 0 Å². The van der Waals surface area contributed by atoms with Crippen LogP contribution in [0.1, 0.15) is 192 Å². The fourth-order valence-electron chi connectivity index (χ4n) is 15.4. The maximum absolute atomic E-state index is 13.9. The van der Waals surface area contributed by atoms with Gasteiger partial charge in [-0.2, -0.15) is 0 Å². The maximum Gasteiger partial charge on any atom is 0.331 e. The van der Waals surface area contributed by atoms with E-state index in [1.807, 2.05) is 78.8 Å². The van der Waals surface area contributed by atoms with E-state index >= 15 is 0 Å². The van der Waals surface area contributed by atoms with Crippen molar-refractivity contribution in [2.45, 2.75) is 333 Å². The van der Waals surface area contributed by atoms with Crippen LogP contribution >= 0.6 is 0 Å². The van der Waals surface area contributed by atoms with Gasteiger partial charge < -0.3 is 93.3 Å². The number of cyclic esters (lactones) is 2. The van der Waals surface area contributed by atoms with E-state index in [2.05, 4.69) is 0 Å². The Labute approximate surface area is 592 Å². The van der Waals surface area contributed by atoms with Gasteiger partial charge in [0.2, 0.25) is 0 Å². The SMILES string of the molecule is CO[C@@H]1C[C@H](CC[C@@H](C)[C@@H](O)[C@H](C)[C@@H]2OC(=O)/C=C\C(C)=C\C[C@@H](O)C[C@@H]3C=CC[C@H](C[C@@H](OC)[C@H](C)[C@H](O)C[C@@H](O)[C@H](C)[C@@H]([C@@H](C)[C@@H](O)[C@H](C)CC[C@H]4C[C@H](OC)C[C@@H](C)O4)OC(=O)/C=C\C(C)=C\[C@H](O)[C@@H](O)C[C@@H]4C=CC[C@H](C[C@@H](OC)[C@H](C)[C@H](O)C[C@H](O)[C@@H]2C)O4)O3)O[C@H](C)C1. The predicted octanol–water partition coefficient (Wildman–Crippen LogP) is 9.08. The van der Waals surface area contributed by atoms with Crippen molar-refractivity contribution in [2.24, 2.45) is 47.3 Å². The van der Waals surface area contributed by atoms with Crippen molar-refractivity contribution < 1.29 is 103 Å². The van der Waals surface area contributed by atoms with Crippen molar-refractivity contribution >= 4 is 11.9 Å². The maximum atomic E-state index is 13.9. The Morgan fingerprint density at radius 3 is 1.28 bits per heavy atom. The molecule has 21 heteroatoms. The average Bonchev–Trinajstić information content (AvgIpc) is 0.869. The largest absolute Gasteiger partial charge is 0.458 e. The molecule has 570 valence electrons. The number of allylic oxidation sites excluding steroid dienone is 4. The zero-order chi connectivity index (χ0) is 73.4. The normalized spacial score (nSPS) is 41.5. The molecule has 0 saturated carbocycles. The molecule has 0 aromatic heterocycles. The topological polar surface area (TPSA) is 309 Å². The molecule has 0 radical (unpaired) electrons. The Morgan fingerprint density at radius 2 is 0.869 bits per heavy atom. The second-order valence-electron chi connectivity index (χ2n) is 30.5. The van der Waals surface area contributed by atoms with E-state index in [0.717, 1.165) is 25.7 Å². The Balaban J connectivity index is 1.38. The van der Waals surface area contributed by atoms with E-state index in [-0.39, 0.29) is 86.7 Å². The van der Waals surface area contributed by atoms with Gasteiger partial charge in [0.15, 0.2) is 0 Å². The molecule has 5 aliphatic heterocycles. The first kappa shape index (κ1) is 86.3. The van der Waals surface area contributed by atoms with Gasteiger partial charge in [-0.1, -0.05) is 115 Å². The van der Waals surface area contributed by atoms with Crippen LogP contribution in [0.25, 0.3) is 0 Å². The van der Waals surface area contributed by atoms with Crippen LogP contribution < -0.4 is 0 Å². The van der Waals surface area contributed by atoms with Crippen LogP contribution in [0.3, 0.4) is 0 Å². The second kappa shape index (κ2) is 43.2. The fourth-order valence-corrected chi connectivity index (χ4v) is 15.4. The molecule has 0 aromatic rings. The smallest absolute Gasteiger partial charge is 0.331 e. The van der Waals surface area contributed by atoms with Crippen molar-refractivity contribution in [1.82, 2.24) is 0 Å². The van der Waals surface area contributed by atoms with Crippen LogP contribution in [0.5, 0.6) is 0 Å². The highest BCUT2D eigenvalue weighted by molar-refractivity contribution is 5.83. The summed E-state index contributed by atoms with van der Waals surface area (Å²) in [6.07, 6.45) is 9.79. The number of fused-ring (bicyclic) bond motifs is 4. The van der Waals surface area contributed by atoms with E-state index in [4.69, 9.17) is 47.4 Å². The van der Waals surface area contributed by atoms with Crippen molar-refractivity contribution in [3.63, 3.8) is 0 Å². The number of hydrogen-bond acceptors (Lipinski definition) is 21. The van der Waals surface area contributed by atoms with Gasteiger partial charge in [-0.05, 0) is 123 Å². The first-order valence-electron chi connectivity index (χ1n) is 37.2. The van der Waals surface area contributed by atoms with Crippen molar-refractivity contribution in [3.05, 3.63) is 71.9 Å². The highest BCUT2D eigenvalue weighted by Gasteiger charge is 2.43. The molecular weight excluding hydrogens is 1270 g/mol. The molecule has 99 heavy (non-hydrogen) atoms. The monoisotopic (exact) mass is 1400 g/mol. The number of aliphatic hydroxyl groups excluding tert-OH is 9. The summed E-state index contributed by atoms with van der Waals surface area (Å²) in [5.41, 5.74) is 1.12. The van der Waals surface area contributed by atoms with Gasteiger partial charge in [-0.25, -0.2) is 9.59 Å². The summed E-state index contributed by atoms with van der Waals surface area (Å²) in [6, 6.07) is 0. The molecule has 31 atom stereocenters. The van der Waals surface area contributed by atoms with Gasteiger partial charge in [0.05, 0.1) is 128 Å². The van der Waals surface area contributed by atoms with Gasteiger partial charge in [-0.3, -0.25) is 0 Å². The number of carbonyl (C=O) groups excluding carboxylic acids is 2. The summed E-state index contributed by atoms with van der Waals surface area (Å²) in [6.45, 7) is 22.2. The van der Waals surface area contributed by atoms with Crippen LogP contribution in [0.2, 0.25) is 0 Å². The zero-order valence-corrected chi connectivity index (χ0v) is 62.6. The standard InChI is InChI=1S/C78H132O21/c1-44-23-28-56(79)36-57-19-17-21-59(96-57)40-71(92-15)50(7)65(80)42-68(83)53(10)78(55(12)76(89)47(4)27-30-62-38-64(91-14)35-49(6)95-62)99-74(87)32-25-45(2)33-69(84)70(85)39-58-20-18-22-60(97-58)41-72(93-16)51(8)66(81)43-67(82)52(9)77(98-73(86)31-24-44)54(11)75(88)46(3)26-29-61-37-63(90-13)34-48(5)94-61/h17-20,23-25,31-33,46-72,75-85,88-89H,21-22,26-30,34-43H2,1-16H3/b31-24-,32-25-,44-23+,45-33+/t46-,47-,48-,49-,50-,51-,52+,53+,54+,55+,56-,57+,58+,59-,60-,61+,62+,63+,64-,65-,66-,67+,68-,69+,70+,71-,72-,75-,76+,77-,78+/m1/s1. The number of methoxy groups -OCH3 is 4. The summed E-state index contributed by atoms with van der Waals surface area (Å²) >= 11 is 0. The van der Waals surface area contributed by atoms with Gasteiger partial charge >= 0.3 is 11.9 Å². The van der Waals surface area contributed by atoms with Gasteiger partial charge in [0.25, 0.3) is 0 Å². The summed E-state index contributed by atoms with van der Waals surface area (Å²) in [5.74, 6) is -5.84. The Hall–Kier alpha value is -3.30. The highest BCUT2D eigenvalue weighted by atomic mass is 16.6. The summed E-state index contributed by atoms with van der Waals surface area (Å²) in [5, 5.41) is 106. The van der Waals surface area contributed by atoms with Crippen LogP contribution in [0.15, 0.2) is 71.9 Å². The molecule has 9 N–H and O–H groups in total. The molecule has 0 amide bonds. The number of rotatable bonds is 16. The third-order valence-corrected chi connectivity index (χ3v) is 22.3. The van der Waals surface area contributed by atoms with E-state index < -0.39 is 145 Å². The molecule has 0 aromatic carbocycles. The molecule has 4 bridgehead atoms. The molecular formula is C78H132O21. The molecule has 0 spiro atoms. The quantitative estimate of drug-likeness (QED) is 0.0514. The number of ether oxygens (including phenoxy) is 10. The number of carbonyl (C=O) groups is 2. The molecule has 2 saturated heterocycles. The molecule has 2 fully saturated rings. The second-order valence-corrected chi connectivity index (χ2v) is 30.5. The van der Waals surface area contributed by atoms with Crippen LogP contribution in [0.4, 0.5) is 0 Å². The van der Waals surface area contributed by atoms with Crippen molar-refractivity contribution in [1.29, 1.82) is 0 Å². The van der Waals surface area contributed by atoms with Crippen molar-refractivity contribution in [3.8, 4) is 0 Å². The van der Waals surface area contributed by atoms with E-state index in [9.17, 15) is 55.5 Å². The number of hydrogen-bond donors (Lipinski definition) is 9. The lowest BCUT2D eigenvalue weighted by Crippen LogP contribution is -2.45. The first-order chi connectivity index (χ1) is 46.8. The van der Waals surface area contributed by atoms with Crippen LogP contribution in [-0.2, 0) is 57.0 Å². The third kappa shape index (κ3) is 28.3. The van der Waals surface area contributed by atoms with E-state index in [1.165, 1.54) is 24.3 Å². The van der Waals surface area contributed by atoms with Crippen LogP contribution in [0, 0.1) is 47.3 Å². The van der Waals surface area contributed by atoms with Gasteiger partial charge in [0, 0.05) is 102 Å². The zero-order valence-electron chi connectivity index (χ0n) is 62.6. The van der Waals surface area contributed by atoms with E-state index in [1.54, 1.807) is 69.1 Å². The molecule has 5 rings (SSSR count). The molecule has 5 heterocycles. The predicted molar refractivity (Wildman–Crippen MR) is 379 cm³/mol. The number of esters is 2. The van der Waals surface area contributed by atoms with E-state index in [0.29, 0.717) is 62.5 Å². The molecule has 5 aliphatic rings. The minimum atomic E-state index is -1.36. The summed E-state index contributed by atoms with van der Waals surface area (Å²) < 4.78 is 61.2. The molecule has 21 nitrogen and oxygen atoms in total. The number of aliphatic hydroxyl groups is 9. The molecule has 0 unspecified atom stereocenters. The molecule has 0 aliphatic carbocycles. The highest BCUT2D eigenvalue weighted by Crippen LogP contribution is 2.37. The summed E-state index contributed by atoms with van der Waals surface area (Å²) in [7, 11) is 6.52. The lowest BCUT2D eigenvalue weighted by Gasteiger charge is -2.38. The lowest BCUT2D eigenvalue weighted by atomic mass is 9.78. The van der Waals surface area contributed by atoms with Gasteiger partial charge in [0.1, 0.15) is 12.2 Å². The minimum Gasteiger partial charge on any atom is -0.458 e. The lowest BCUT2D eigenvalue weighted by molar-refractivity contribution is -0.158. The Bertz CT molecular complexity index is 2520. The average molecular weight is 1410 g/mol. The summed E-state index contributed by atoms with van der Waals surface area (Å²) in [4.78, 5) is 27.8. The fraction of sp³-hybridized carbons (Fsp3) is 0.821. The third-order valence-electron chi connectivity index (χ3n) is 22.3. The van der Waals surface area contributed by atoms with Crippen LogP contribution in [-0.4, -0.2) is 227 Å². The first-order valence-corrected chi connectivity index (χ1v) is 37.2. The Morgan fingerprint density at radius 1 is 0.465 bits per heavy atom. The minimum absolute atomic E-state index is 0.0219. The Kier molecular flexibility index (Phi) is 37.7. The van der Waals surface area contributed by atoms with Crippen molar-refractivity contribution in [2.75, 3.05) is 28.4 Å².